The number of aromatic nitrogens is 4. The highest BCUT2D eigenvalue weighted by Crippen LogP contribution is 2.53. The fourth-order valence-corrected chi connectivity index (χ4v) is 11.1. The van der Waals surface area contributed by atoms with Crippen molar-refractivity contribution < 1.29 is 69.9 Å². The maximum absolute atomic E-state index is 14.5. The Kier molecular flexibility index (Phi) is 21.8. The number of rotatable bonds is 31. The number of aryl methyl sites for hydroxylation is 1. The van der Waals surface area contributed by atoms with E-state index in [0.717, 1.165) is 5.56 Å². The number of hydrogen-bond donors (Lipinski definition) is 2. The normalized spacial score (nSPS) is 12.3. The summed E-state index contributed by atoms with van der Waals surface area (Å²) in [5.74, 6) is -0.979. The van der Waals surface area contributed by atoms with E-state index in [1.165, 1.54) is 66.2 Å². The van der Waals surface area contributed by atoms with Crippen molar-refractivity contribution in [2.45, 2.75) is 50.9 Å². The number of thiophene rings is 1. The zero-order valence-electron chi connectivity index (χ0n) is 45.6. The van der Waals surface area contributed by atoms with E-state index in [4.69, 9.17) is 70.3 Å². The van der Waals surface area contributed by atoms with Crippen molar-refractivity contribution in [3.05, 3.63) is 166 Å². The minimum Gasteiger partial charge on any atom is -0.508 e. The van der Waals surface area contributed by atoms with Crippen molar-refractivity contribution in [3.8, 4) is 61.8 Å². The van der Waals surface area contributed by atoms with E-state index in [1.54, 1.807) is 63.6 Å². The second kappa shape index (κ2) is 29.3. The average Bonchev–Trinajstić information content (AvgIpc) is 2.28. The van der Waals surface area contributed by atoms with E-state index in [2.05, 4.69) is 21.5 Å². The molecule has 5 aromatic carbocycles. The average molecular weight is 1210 g/mol. The molecule has 0 spiro atoms. The van der Waals surface area contributed by atoms with Crippen LogP contribution in [-0.4, -0.2) is 123 Å². The molecule has 0 aliphatic heterocycles. The van der Waals surface area contributed by atoms with Crippen LogP contribution in [0.5, 0.6) is 28.9 Å². The maximum Gasteiger partial charge on any atom is 0.345 e. The third-order valence-corrected chi connectivity index (χ3v) is 16.0. The lowest BCUT2D eigenvalue weighted by atomic mass is 9.92. The number of fused-ring (bicyclic) bond motifs is 1. The molecule has 3 heterocycles. The quantitative estimate of drug-likeness (QED) is 0.0234. The molecule has 436 valence electrons. The number of benzene rings is 5. The SMILES string of the molecule is C=CCOCC(COS(=O)(=O)c1ccc(C)cc1)Oc1c(Cl)c(C)c(-c2c(-c3ccc(F)cc3)sc3ncnc(OC(Cc4cc(O)ccc4OCc4ccnc(-c5ccccc5OCCOCCOCCOC)n4)C(=O)O)c23)c(C)c1Cl. The number of carbonyl (C=O) groups is 1. The van der Waals surface area contributed by atoms with Crippen molar-refractivity contribution in [2.75, 3.05) is 66.6 Å². The Bertz CT molecular complexity index is 3620. The molecular weight excluding hydrogens is 1150 g/mol. The number of phenols is 1. The highest BCUT2D eigenvalue weighted by Gasteiger charge is 2.32. The molecule has 0 radical (unpaired) electrons. The molecular formula is C60H59Cl2FN4O14S2. The van der Waals surface area contributed by atoms with Crippen LogP contribution in [-0.2, 0) is 51.1 Å². The Labute approximate surface area is 493 Å². The van der Waals surface area contributed by atoms with Gasteiger partial charge in [-0.05, 0) is 104 Å². The molecule has 0 bridgehead atoms. The smallest absolute Gasteiger partial charge is 0.345 e. The molecule has 2 unspecified atom stereocenters. The molecule has 18 nitrogen and oxygen atoms in total. The van der Waals surface area contributed by atoms with Gasteiger partial charge in [-0.25, -0.2) is 29.1 Å². The third kappa shape index (κ3) is 15.9. The fraction of sp³-hybridized carbons (Fsp3) is 0.283. The van der Waals surface area contributed by atoms with Crippen LogP contribution in [0.4, 0.5) is 4.39 Å². The van der Waals surface area contributed by atoms with E-state index in [0.29, 0.717) is 93.4 Å². The summed E-state index contributed by atoms with van der Waals surface area (Å²) in [6, 6.07) is 25.3. The topological polar surface area (TPSA) is 226 Å². The van der Waals surface area contributed by atoms with Crippen LogP contribution in [0.1, 0.15) is 27.9 Å². The van der Waals surface area contributed by atoms with Gasteiger partial charge in [0.2, 0.25) is 12.0 Å². The van der Waals surface area contributed by atoms with Crippen molar-refractivity contribution in [3.63, 3.8) is 0 Å². The van der Waals surface area contributed by atoms with Gasteiger partial charge in [-0.15, -0.1) is 17.9 Å². The molecule has 83 heavy (non-hydrogen) atoms. The maximum atomic E-state index is 14.5. The number of carboxylic acids is 1. The molecule has 2 atom stereocenters. The van der Waals surface area contributed by atoms with Crippen LogP contribution in [0.15, 0.2) is 127 Å². The number of hydrogen-bond acceptors (Lipinski definition) is 18. The summed E-state index contributed by atoms with van der Waals surface area (Å²) in [5.41, 5.74) is 4.60. The summed E-state index contributed by atoms with van der Waals surface area (Å²) in [6.45, 7) is 10.8. The van der Waals surface area contributed by atoms with E-state index in [9.17, 15) is 27.8 Å². The molecule has 23 heteroatoms. The van der Waals surface area contributed by atoms with E-state index in [-0.39, 0.29) is 81.9 Å². The van der Waals surface area contributed by atoms with Crippen molar-refractivity contribution in [2.24, 2.45) is 0 Å². The first-order chi connectivity index (χ1) is 40.1. The summed E-state index contributed by atoms with van der Waals surface area (Å²) in [6.07, 6.45) is 1.33. The van der Waals surface area contributed by atoms with Crippen molar-refractivity contribution >= 4 is 60.8 Å². The lowest BCUT2D eigenvalue weighted by molar-refractivity contribution is -0.145. The molecule has 0 saturated heterocycles. The summed E-state index contributed by atoms with van der Waals surface area (Å²) in [5, 5.41) is 22.0. The monoisotopic (exact) mass is 1210 g/mol. The lowest BCUT2D eigenvalue weighted by Gasteiger charge is -2.24. The molecule has 0 aliphatic rings. The van der Waals surface area contributed by atoms with Crippen LogP contribution < -0.4 is 18.9 Å². The number of carboxylic acid groups (broad SMARTS) is 1. The van der Waals surface area contributed by atoms with Crippen LogP contribution in [0.2, 0.25) is 10.0 Å². The van der Waals surface area contributed by atoms with E-state index >= 15 is 0 Å². The summed E-state index contributed by atoms with van der Waals surface area (Å²) in [4.78, 5) is 32.5. The van der Waals surface area contributed by atoms with Gasteiger partial charge in [0.05, 0.1) is 77.8 Å². The molecule has 8 rings (SSSR count). The summed E-state index contributed by atoms with van der Waals surface area (Å²) < 4.78 is 93.4. The number of para-hydroxylation sites is 1. The van der Waals surface area contributed by atoms with E-state index < -0.39 is 40.7 Å². The van der Waals surface area contributed by atoms with Gasteiger partial charge in [-0.3, -0.25) is 4.18 Å². The van der Waals surface area contributed by atoms with Crippen LogP contribution in [0.3, 0.4) is 0 Å². The van der Waals surface area contributed by atoms with Crippen LogP contribution in [0, 0.1) is 26.6 Å². The first-order valence-electron chi connectivity index (χ1n) is 25.9. The predicted octanol–water partition coefficient (Wildman–Crippen LogP) is 11.6. The molecule has 3 aromatic heterocycles. The minimum absolute atomic E-state index is 0.00566. The number of nitrogens with zero attached hydrogens (tertiary/aromatic N) is 4. The first kappa shape index (κ1) is 61.8. The van der Waals surface area contributed by atoms with Gasteiger partial charge >= 0.3 is 5.97 Å². The predicted molar refractivity (Wildman–Crippen MR) is 312 cm³/mol. The van der Waals surface area contributed by atoms with Gasteiger partial charge in [0.15, 0.2) is 11.6 Å². The van der Waals surface area contributed by atoms with Gasteiger partial charge in [0, 0.05) is 35.7 Å². The number of aromatic hydroxyl groups is 1. The Morgan fingerprint density at radius 2 is 1.51 bits per heavy atom. The number of halogens is 3. The van der Waals surface area contributed by atoms with Gasteiger partial charge in [-0.1, -0.05) is 71.2 Å². The Morgan fingerprint density at radius 1 is 0.795 bits per heavy atom. The molecule has 0 fully saturated rings. The molecule has 0 amide bonds. The summed E-state index contributed by atoms with van der Waals surface area (Å²) >= 11 is 15.7. The van der Waals surface area contributed by atoms with E-state index in [1.807, 2.05) is 25.1 Å². The van der Waals surface area contributed by atoms with Crippen molar-refractivity contribution in [1.29, 1.82) is 0 Å². The zero-order chi connectivity index (χ0) is 59.0. The van der Waals surface area contributed by atoms with Crippen LogP contribution >= 0.6 is 34.5 Å². The fourth-order valence-electron chi connectivity index (χ4n) is 8.55. The third-order valence-electron chi connectivity index (χ3n) is 12.6. The molecule has 0 aliphatic carbocycles. The number of methoxy groups -OCH3 is 1. The number of aliphatic carboxylic acids is 1. The highest BCUT2D eigenvalue weighted by atomic mass is 35.5. The largest absolute Gasteiger partial charge is 0.508 e. The van der Waals surface area contributed by atoms with Gasteiger partial charge in [-0.2, -0.15) is 8.42 Å². The van der Waals surface area contributed by atoms with Gasteiger partial charge in [0.25, 0.3) is 10.1 Å². The highest BCUT2D eigenvalue weighted by molar-refractivity contribution is 7.86. The molecule has 8 aromatic rings. The van der Waals surface area contributed by atoms with Gasteiger partial charge in [0.1, 0.15) is 60.1 Å². The Hall–Kier alpha value is -7.31. The second-order valence-corrected chi connectivity index (χ2v) is 21.9. The lowest BCUT2D eigenvalue weighted by Crippen LogP contribution is -2.30. The Morgan fingerprint density at radius 3 is 2.22 bits per heavy atom. The first-order valence-corrected chi connectivity index (χ1v) is 28.9. The molecule has 2 N–H and O–H groups in total. The molecule has 0 saturated carbocycles. The Balaban J connectivity index is 1.07. The summed E-state index contributed by atoms with van der Waals surface area (Å²) in [7, 11) is -2.62. The number of ether oxygens (including phenoxy) is 8. The van der Waals surface area contributed by atoms with Crippen LogP contribution in [0.25, 0.3) is 43.2 Å². The standard InChI is InChI=1S/C60H59Cl2FN4O14S2/c1-6-23-76-33-44(34-79-83(71,72)45-18-11-36(2)12-19-45)80-55-53(61)37(3)50(38(4)54(55)62)51-52-58(65-35-66-59(52)82-56(51)39-13-15-41(63)16-14-39)81-49(60(69)70)31-40-30-43(68)17-20-47(40)78-32-42-21-22-64-57(67-42)46-9-7-8-10-48(46)77-29-28-75-27-26-74-25-24-73-5/h6-22,30,35,44,49,68H,1,23-29,31-34H2,2-5H3,(H,69,70). The zero-order valence-corrected chi connectivity index (χ0v) is 48.8. The minimum atomic E-state index is -4.23. The number of phenolic OH excluding ortho intramolecular Hbond substituents is 1. The van der Waals surface area contributed by atoms with Gasteiger partial charge < -0.3 is 48.1 Å². The second-order valence-electron chi connectivity index (χ2n) is 18.5. The van der Waals surface area contributed by atoms with Crippen molar-refractivity contribution in [1.82, 2.24) is 19.9 Å².